The van der Waals surface area contributed by atoms with Gasteiger partial charge in [-0.25, -0.2) is 4.39 Å². The minimum Gasteiger partial charge on any atom is -0.458 e. The van der Waals surface area contributed by atoms with E-state index in [0.717, 1.165) is 0 Å². The van der Waals surface area contributed by atoms with Gasteiger partial charge in [0, 0.05) is 12.4 Å². The van der Waals surface area contributed by atoms with Crippen molar-refractivity contribution < 1.29 is 13.9 Å². The fourth-order valence-corrected chi connectivity index (χ4v) is 2.00. The molecule has 2 aromatic heterocycles. The molecule has 98 valence electrons. The summed E-state index contributed by atoms with van der Waals surface area (Å²) in [6, 6.07) is 5.77. The van der Waals surface area contributed by atoms with Gasteiger partial charge < -0.3 is 15.3 Å². The van der Waals surface area contributed by atoms with Crippen molar-refractivity contribution in [2.75, 3.05) is 5.73 Å². The summed E-state index contributed by atoms with van der Waals surface area (Å²) in [5, 5.41) is 14.8. The molecule has 1 atom stereocenters. The molecule has 3 rings (SSSR count). The van der Waals surface area contributed by atoms with Gasteiger partial charge in [-0.2, -0.15) is 5.10 Å². The van der Waals surface area contributed by atoms with Gasteiger partial charge in [0.05, 0.1) is 11.8 Å². The summed E-state index contributed by atoms with van der Waals surface area (Å²) in [5.74, 6) is 0.315. The first-order valence-electron chi connectivity index (χ1n) is 5.70. The molecule has 0 amide bonds. The van der Waals surface area contributed by atoms with Crippen molar-refractivity contribution in [2.45, 2.75) is 6.10 Å². The topological polar surface area (TPSA) is 77.2 Å². The van der Waals surface area contributed by atoms with Crippen LogP contribution in [0.15, 0.2) is 34.9 Å². The molecule has 5 nitrogen and oxygen atoms in total. The Morgan fingerprint density at radius 1 is 1.42 bits per heavy atom. The Balaban J connectivity index is 2.06. The number of aliphatic hydroxyl groups excluding tert-OH is 1. The van der Waals surface area contributed by atoms with Crippen LogP contribution in [-0.4, -0.2) is 14.9 Å². The zero-order valence-corrected chi connectivity index (χ0v) is 10.2. The van der Waals surface area contributed by atoms with Gasteiger partial charge in [0.15, 0.2) is 0 Å². The van der Waals surface area contributed by atoms with Gasteiger partial charge in [0.1, 0.15) is 29.1 Å². The highest BCUT2D eigenvalue weighted by atomic mass is 19.1. The summed E-state index contributed by atoms with van der Waals surface area (Å²) in [7, 11) is 1.68. The number of aryl methyl sites for hydroxylation is 1. The molecule has 0 spiro atoms. The first-order chi connectivity index (χ1) is 9.06. The number of benzene rings is 1. The molecule has 0 bridgehead atoms. The first kappa shape index (κ1) is 11.7. The quantitative estimate of drug-likeness (QED) is 0.739. The molecule has 1 aromatic carbocycles. The number of furan rings is 1. The third-order valence-corrected chi connectivity index (χ3v) is 3.08. The molecule has 1 unspecified atom stereocenters. The molecule has 19 heavy (non-hydrogen) atoms. The van der Waals surface area contributed by atoms with Crippen LogP contribution in [0.3, 0.4) is 0 Å². The van der Waals surface area contributed by atoms with Crippen molar-refractivity contribution in [2.24, 2.45) is 7.05 Å². The normalized spacial score (nSPS) is 13.0. The molecule has 3 aromatic rings. The zero-order chi connectivity index (χ0) is 13.6. The van der Waals surface area contributed by atoms with Crippen molar-refractivity contribution in [3.63, 3.8) is 0 Å². The Kier molecular flexibility index (Phi) is 2.53. The summed E-state index contributed by atoms with van der Waals surface area (Å²) in [6.07, 6.45) is 0.456. The number of hydrogen-bond donors (Lipinski definition) is 2. The van der Waals surface area contributed by atoms with Crippen LogP contribution in [0.5, 0.6) is 0 Å². The van der Waals surface area contributed by atoms with E-state index < -0.39 is 6.10 Å². The number of hydrogen-bond acceptors (Lipinski definition) is 4. The van der Waals surface area contributed by atoms with Crippen LogP contribution in [0.25, 0.3) is 11.0 Å². The fraction of sp³-hybridized carbons (Fsp3) is 0.154. The second-order valence-electron chi connectivity index (χ2n) is 4.34. The Morgan fingerprint density at radius 3 is 2.89 bits per heavy atom. The van der Waals surface area contributed by atoms with Gasteiger partial charge in [-0.3, -0.25) is 4.68 Å². The summed E-state index contributed by atoms with van der Waals surface area (Å²) < 4.78 is 20.1. The molecule has 2 heterocycles. The lowest BCUT2D eigenvalue weighted by Gasteiger charge is -2.06. The maximum Gasteiger partial charge on any atom is 0.142 e. The number of anilines is 1. The molecular weight excluding hydrogens is 249 g/mol. The average Bonchev–Trinajstić information content (AvgIpc) is 2.93. The van der Waals surface area contributed by atoms with Gasteiger partial charge in [0.25, 0.3) is 0 Å². The maximum atomic E-state index is 13.1. The Morgan fingerprint density at radius 2 is 2.21 bits per heavy atom. The van der Waals surface area contributed by atoms with E-state index in [0.29, 0.717) is 28.1 Å². The minimum atomic E-state index is -1.02. The van der Waals surface area contributed by atoms with Crippen molar-refractivity contribution >= 4 is 16.8 Å². The van der Waals surface area contributed by atoms with Crippen LogP contribution in [-0.2, 0) is 7.05 Å². The number of aromatic nitrogens is 2. The lowest BCUT2D eigenvalue weighted by Crippen LogP contribution is -2.04. The standard InChI is InChI=1S/C13H12FN3O2/c1-17-13(15)9(6-16-17)12(18)11-5-7-4-8(14)2-3-10(7)19-11/h2-6,12,18H,15H2,1H3. The van der Waals surface area contributed by atoms with Crippen LogP contribution in [0.4, 0.5) is 10.2 Å². The number of fused-ring (bicyclic) bond motifs is 1. The van der Waals surface area contributed by atoms with E-state index in [1.165, 1.54) is 29.1 Å². The number of aliphatic hydroxyl groups is 1. The molecule has 0 aliphatic carbocycles. The van der Waals surface area contributed by atoms with Crippen LogP contribution >= 0.6 is 0 Å². The lowest BCUT2D eigenvalue weighted by molar-refractivity contribution is 0.193. The second kappa shape index (κ2) is 4.10. The molecule has 0 fully saturated rings. The van der Waals surface area contributed by atoms with Crippen molar-refractivity contribution in [3.8, 4) is 0 Å². The number of nitrogens with two attached hydrogens (primary N) is 1. The van der Waals surface area contributed by atoms with Crippen LogP contribution in [0.1, 0.15) is 17.4 Å². The SMILES string of the molecule is Cn1ncc(C(O)c2cc3cc(F)ccc3o2)c1N. The monoisotopic (exact) mass is 261 g/mol. The van der Waals surface area contributed by atoms with E-state index in [2.05, 4.69) is 5.10 Å². The van der Waals surface area contributed by atoms with E-state index in [1.54, 1.807) is 13.1 Å². The van der Waals surface area contributed by atoms with E-state index >= 15 is 0 Å². The molecule has 6 heteroatoms. The van der Waals surface area contributed by atoms with Crippen molar-refractivity contribution in [1.82, 2.24) is 9.78 Å². The van der Waals surface area contributed by atoms with E-state index in [4.69, 9.17) is 10.2 Å². The third kappa shape index (κ3) is 1.86. The molecule has 0 aliphatic rings. The summed E-state index contributed by atoms with van der Waals surface area (Å²) in [5.41, 5.74) is 6.77. The summed E-state index contributed by atoms with van der Waals surface area (Å²) in [6.45, 7) is 0. The first-order valence-corrected chi connectivity index (χ1v) is 5.70. The molecule has 0 radical (unpaired) electrons. The number of nitrogens with zero attached hydrogens (tertiary/aromatic N) is 2. The lowest BCUT2D eigenvalue weighted by atomic mass is 10.1. The average molecular weight is 261 g/mol. The van der Waals surface area contributed by atoms with Gasteiger partial charge in [-0.05, 0) is 24.3 Å². The van der Waals surface area contributed by atoms with E-state index in [1.807, 2.05) is 0 Å². The molecule has 0 saturated carbocycles. The highest BCUT2D eigenvalue weighted by Crippen LogP contribution is 2.30. The number of nitrogen functional groups attached to an aromatic ring is 1. The Bertz CT molecular complexity index is 748. The van der Waals surface area contributed by atoms with Crippen LogP contribution in [0.2, 0.25) is 0 Å². The van der Waals surface area contributed by atoms with E-state index in [9.17, 15) is 9.50 Å². The molecule has 0 aliphatic heterocycles. The van der Waals surface area contributed by atoms with Crippen molar-refractivity contribution in [3.05, 3.63) is 47.6 Å². The van der Waals surface area contributed by atoms with Gasteiger partial charge in [-0.1, -0.05) is 0 Å². The minimum absolute atomic E-state index is 0.306. The van der Waals surface area contributed by atoms with Crippen LogP contribution in [0, 0.1) is 5.82 Å². The highest BCUT2D eigenvalue weighted by Gasteiger charge is 2.20. The zero-order valence-electron chi connectivity index (χ0n) is 10.2. The summed E-state index contributed by atoms with van der Waals surface area (Å²) in [4.78, 5) is 0. The molecular formula is C13H12FN3O2. The van der Waals surface area contributed by atoms with E-state index in [-0.39, 0.29) is 5.82 Å². The smallest absolute Gasteiger partial charge is 0.142 e. The number of halogens is 1. The van der Waals surface area contributed by atoms with Gasteiger partial charge in [-0.15, -0.1) is 0 Å². The predicted molar refractivity (Wildman–Crippen MR) is 67.9 cm³/mol. The van der Waals surface area contributed by atoms with Crippen LogP contribution < -0.4 is 5.73 Å². The molecule has 0 saturated heterocycles. The summed E-state index contributed by atoms with van der Waals surface area (Å²) >= 11 is 0. The fourth-order valence-electron chi connectivity index (χ4n) is 2.00. The number of rotatable bonds is 2. The third-order valence-electron chi connectivity index (χ3n) is 3.08. The maximum absolute atomic E-state index is 13.1. The van der Waals surface area contributed by atoms with Crippen molar-refractivity contribution in [1.29, 1.82) is 0 Å². The predicted octanol–water partition coefficient (Wildman–Crippen LogP) is 1.97. The van der Waals surface area contributed by atoms with Gasteiger partial charge >= 0.3 is 0 Å². The van der Waals surface area contributed by atoms with Gasteiger partial charge in [0.2, 0.25) is 0 Å². The molecule has 3 N–H and O–H groups in total. The highest BCUT2D eigenvalue weighted by molar-refractivity contribution is 5.78. The second-order valence-corrected chi connectivity index (χ2v) is 4.34. The Labute approximate surface area is 108 Å². The Hall–Kier alpha value is -2.34. The largest absolute Gasteiger partial charge is 0.458 e.